The van der Waals surface area contributed by atoms with Crippen LogP contribution in [0.1, 0.15) is 144 Å². The number of alkyl halides is 9. The summed E-state index contributed by atoms with van der Waals surface area (Å²) in [4.78, 5) is 0. The molecule has 50 heavy (non-hydrogen) atoms. The summed E-state index contributed by atoms with van der Waals surface area (Å²) in [6, 6.07) is 0. The van der Waals surface area contributed by atoms with Crippen LogP contribution in [0.25, 0.3) is 0 Å². The van der Waals surface area contributed by atoms with Crippen molar-refractivity contribution in [2.45, 2.75) is 187 Å². The molecule has 1 saturated heterocycles. The Morgan fingerprint density at radius 2 is 1.40 bits per heavy atom. The van der Waals surface area contributed by atoms with E-state index in [4.69, 9.17) is 18.9 Å². The van der Waals surface area contributed by atoms with E-state index in [0.29, 0.717) is 58.0 Å². The maximum absolute atomic E-state index is 15.5. The lowest BCUT2D eigenvalue weighted by Gasteiger charge is -2.58. The molecule has 0 amide bonds. The van der Waals surface area contributed by atoms with Gasteiger partial charge < -0.3 is 18.9 Å². The number of hydrogen-bond donors (Lipinski definition) is 0. The summed E-state index contributed by atoms with van der Waals surface area (Å²) in [6.45, 7) is 10.6. The predicted molar refractivity (Wildman–Crippen MR) is 169 cm³/mol. The zero-order chi connectivity index (χ0) is 37.3. The van der Waals surface area contributed by atoms with Crippen molar-refractivity contribution in [1.82, 2.24) is 0 Å². The van der Waals surface area contributed by atoms with E-state index in [9.17, 15) is 0 Å². The van der Waals surface area contributed by atoms with Gasteiger partial charge in [-0.25, -0.2) is 0 Å². The van der Waals surface area contributed by atoms with E-state index in [1.165, 1.54) is 0 Å². The number of halogens is 9. The van der Waals surface area contributed by atoms with Crippen molar-refractivity contribution in [3.63, 3.8) is 0 Å². The van der Waals surface area contributed by atoms with Crippen LogP contribution in [0.15, 0.2) is 0 Å². The Kier molecular flexibility index (Phi) is 10.7. The Labute approximate surface area is 291 Å². The minimum atomic E-state index is -5.76. The topological polar surface area (TPSA) is 36.9 Å². The van der Waals surface area contributed by atoms with Crippen molar-refractivity contribution >= 4 is 0 Å². The van der Waals surface area contributed by atoms with Crippen LogP contribution in [0.5, 0.6) is 0 Å². The standard InChI is InChI=1S/C37H57F9O4/c1-7-20-47-25(3)49-34(36(41,42)43,37(44,45)46)31-18-16-30(24-31,17-19-31)28(4,5)14-15-29(6,8-2)32-13-12-26(22-32)23-33(32,35(38,39)40)50-27-11-9-10-21-48-27/h25-27H,7-24H2,1-6H3. The lowest BCUT2D eigenvalue weighted by atomic mass is 9.51. The van der Waals surface area contributed by atoms with E-state index in [0.717, 1.165) is 19.8 Å². The Bertz CT molecular complexity index is 1170. The smallest absolute Gasteiger partial charge is 0.353 e. The molecule has 0 aromatic carbocycles. The number of hydrogen-bond acceptors (Lipinski definition) is 4. The van der Waals surface area contributed by atoms with E-state index < -0.39 is 69.4 Å². The molecule has 1 heterocycles. The van der Waals surface area contributed by atoms with Crippen LogP contribution in [0, 0.1) is 33.0 Å². The second-order valence-corrected chi connectivity index (χ2v) is 17.4. The third-order valence-corrected chi connectivity index (χ3v) is 14.9. The first kappa shape index (κ1) is 40.4. The molecule has 4 nitrogen and oxygen atoms in total. The van der Waals surface area contributed by atoms with E-state index in [1.54, 1.807) is 6.92 Å². The molecule has 13 heteroatoms. The van der Waals surface area contributed by atoms with Crippen LogP contribution in [0.2, 0.25) is 0 Å². The van der Waals surface area contributed by atoms with Crippen LogP contribution in [0.3, 0.4) is 0 Å². The minimum Gasteiger partial charge on any atom is -0.353 e. The third-order valence-electron chi connectivity index (χ3n) is 14.9. The molecule has 4 aliphatic carbocycles. The lowest BCUT2D eigenvalue weighted by molar-refractivity contribution is -0.438. The summed E-state index contributed by atoms with van der Waals surface area (Å²) in [6.07, 6.45) is -14.9. The highest BCUT2D eigenvalue weighted by atomic mass is 19.4. The van der Waals surface area contributed by atoms with E-state index in [2.05, 4.69) is 0 Å². The molecule has 4 bridgehead atoms. The second-order valence-electron chi connectivity index (χ2n) is 17.4. The molecule has 4 saturated carbocycles. The molecular formula is C37H57F9O4. The number of ether oxygens (including phenoxy) is 4. The van der Waals surface area contributed by atoms with Gasteiger partial charge in [0.2, 0.25) is 0 Å². The normalized spacial score (nSPS) is 37.0. The van der Waals surface area contributed by atoms with E-state index in [-0.39, 0.29) is 51.0 Å². The van der Waals surface area contributed by atoms with Crippen LogP contribution < -0.4 is 0 Å². The highest BCUT2D eigenvalue weighted by molar-refractivity contribution is 5.23. The predicted octanol–water partition coefficient (Wildman–Crippen LogP) is 11.8. The summed E-state index contributed by atoms with van der Waals surface area (Å²) in [5.74, 6) is -0.149. The van der Waals surface area contributed by atoms with E-state index >= 15 is 39.5 Å². The first-order chi connectivity index (χ1) is 23.0. The van der Waals surface area contributed by atoms with Gasteiger partial charge in [-0.3, -0.25) is 0 Å². The monoisotopic (exact) mass is 736 g/mol. The van der Waals surface area contributed by atoms with Gasteiger partial charge >= 0.3 is 18.5 Å². The average Bonchev–Trinajstić information content (AvgIpc) is 3.80. The van der Waals surface area contributed by atoms with Crippen molar-refractivity contribution in [1.29, 1.82) is 0 Å². The molecule has 0 aromatic heterocycles. The van der Waals surface area contributed by atoms with Crippen LogP contribution in [0.4, 0.5) is 39.5 Å². The molecule has 0 N–H and O–H groups in total. The van der Waals surface area contributed by atoms with Crippen molar-refractivity contribution in [2.75, 3.05) is 13.2 Å². The summed E-state index contributed by atoms with van der Waals surface area (Å²) >= 11 is 0. The Morgan fingerprint density at radius 1 is 0.780 bits per heavy atom. The average molecular weight is 737 g/mol. The zero-order valence-corrected chi connectivity index (χ0v) is 30.5. The van der Waals surface area contributed by atoms with Crippen LogP contribution in [-0.2, 0) is 18.9 Å². The van der Waals surface area contributed by atoms with Crippen LogP contribution in [-0.4, -0.2) is 55.5 Å². The molecule has 5 rings (SSSR count). The molecule has 0 radical (unpaired) electrons. The maximum Gasteiger partial charge on any atom is 0.427 e. The van der Waals surface area contributed by atoms with Gasteiger partial charge in [0.05, 0.1) is 0 Å². The van der Waals surface area contributed by atoms with Gasteiger partial charge in [0.25, 0.3) is 5.60 Å². The molecule has 0 spiro atoms. The summed E-state index contributed by atoms with van der Waals surface area (Å²) in [5, 5.41) is 0. The quantitative estimate of drug-likeness (QED) is 0.131. The van der Waals surface area contributed by atoms with Gasteiger partial charge in [-0.2, -0.15) is 39.5 Å². The van der Waals surface area contributed by atoms with Crippen molar-refractivity contribution in [3.05, 3.63) is 0 Å². The van der Waals surface area contributed by atoms with Crippen molar-refractivity contribution in [2.24, 2.45) is 33.0 Å². The van der Waals surface area contributed by atoms with Gasteiger partial charge in [-0.1, -0.05) is 41.0 Å². The first-order valence-corrected chi connectivity index (χ1v) is 18.7. The van der Waals surface area contributed by atoms with Gasteiger partial charge in [0, 0.05) is 24.0 Å². The number of fused-ring (bicyclic) bond motifs is 4. The fraction of sp³-hybridized carbons (Fsp3) is 1.00. The van der Waals surface area contributed by atoms with Crippen LogP contribution >= 0.6 is 0 Å². The maximum atomic E-state index is 15.5. The number of rotatable bonds is 14. The highest BCUT2D eigenvalue weighted by Gasteiger charge is 2.85. The molecule has 0 aromatic rings. The Morgan fingerprint density at radius 3 is 1.90 bits per heavy atom. The van der Waals surface area contributed by atoms with E-state index in [1.807, 2.05) is 27.7 Å². The Balaban J connectivity index is 1.45. The van der Waals surface area contributed by atoms with Gasteiger partial charge in [0.15, 0.2) is 18.2 Å². The summed E-state index contributed by atoms with van der Waals surface area (Å²) < 4.78 is 159. The Hall–Kier alpha value is -0.790. The molecule has 6 unspecified atom stereocenters. The van der Waals surface area contributed by atoms with Crippen molar-refractivity contribution < 1.29 is 58.5 Å². The third kappa shape index (κ3) is 5.95. The first-order valence-electron chi connectivity index (χ1n) is 18.7. The van der Waals surface area contributed by atoms with Gasteiger partial charge in [-0.05, 0) is 125 Å². The van der Waals surface area contributed by atoms with Gasteiger partial charge in [0.1, 0.15) is 0 Å². The highest BCUT2D eigenvalue weighted by Crippen LogP contribution is 2.78. The largest absolute Gasteiger partial charge is 0.427 e. The lowest BCUT2D eigenvalue weighted by Crippen LogP contribution is -2.68. The zero-order valence-electron chi connectivity index (χ0n) is 30.5. The molecule has 292 valence electrons. The summed E-state index contributed by atoms with van der Waals surface area (Å²) in [7, 11) is 0. The fourth-order valence-corrected chi connectivity index (χ4v) is 11.8. The molecule has 6 atom stereocenters. The molecule has 1 aliphatic heterocycles. The van der Waals surface area contributed by atoms with Gasteiger partial charge in [-0.15, -0.1) is 0 Å². The molecule has 5 aliphatic rings. The minimum absolute atomic E-state index is 0.0519. The fourth-order valence-electron chi connectivity index (χ4n) is 11.8. The summed E-state index contributed by atoms with van der Waals surface area (Å²) in [5.41, 5.74) is -12.8. The SMILES string of the molecule is CCCOC(C)OC(C(F)(F)F)(C(F)(F)F)C12CCC(C(C)(C)CCC(C)(CC)C34CCC(C3)CC4(OC3CCCCO3)C(F)(F)F)(CC1)C2. The molecule has 5 fully saturated rings. The second kappa shape index (κ2) is 13.2. The molecular weight excluding hydrogens is 679 g/mol. The van der Waals surface area contributed by atoms with Crippen molar-refractivity contribution in [3.8, 4) is 0 Å².